The Morgan fingerprint density at radius 3 is 2.60 bits per heavy atom. The van der Waals surface area contributed by atoms with Crippen molar-refractivity contribution in [2.75, 3.05) is 0 Å². The zero-order chi connectivity index (χ0) is 14.5. The highest BCUT2D eigenvalue weighted by Gasteiger charge is 2.10. The average molecular weight is 397 g/mol. The van der Waals surface area contributed by atoms with Crippen LogP contribution in [-0.2, 0) is 11.9 Å². The summed E-state index contributed by atoms with van der Waals surface area (Å²) in [6.07, 6.45) is 0. The van der Waals surface area contributed by atoms with Crippen molar-refractivity contribution in [3.63, 3.8) is 0 Å². The summed E-state index contributed by atoms with van der Waals surface area (Å²) in [6.45, 7) is 2.47. The molecule has 20 heavy (non-hydrogen) atoms. The zero-order valence-electron chi connectivity index (χ0n) is 11.1. The van der Waals surface area contributed by atoms with Crippen molar-refractivity contribution in [2.24, 2.45) is 0 Å². The summed E-state index contributed by atoms with van der Waals surface area (Å²) in [5.41, 5.74) is 3.97. The van der Waals surface area contributed by atoms with Gasteiger partial charge >= 0.3 is 0 Å². The van der Waals surface area contributed by atoms with E-state index in [1.165, 1.54) is 5.56 Å². The topological polar surface area (TPSA) is 29.1 Å². The van der Waals surface area contributed by atoms with Crippen molar-refractivity contribution in [1.82, 2.24) is 5.32 Å². The summed E-state index contributed by atoms with van der Waals surface area (Å²) >= 11 is 6.88. The van der Waals surface area contributed by atoms with Gasteiger partial charge in [-0.1, -0.05) is 62.2 Å². The van der Waals surface area contributed by atoms with Crippen LogP contribution in [0.15, 0.2) is 46.9 Å². The molecule has 0 aromatic heterocycles. The number of rotatable bonds is 4. The van der Waals surface area contributed by atoms with E-state index in [-0.39, 0.29) is 5.91 Å². The minimum atomic E-state index is -0.0481. The molecule has 2 rings (SSSR count). The van der Waals surface area contributed by atoms with Gasteiger partial charge in [0.15, 0.2) is 0 Å². The van der Waals surface area contributed by atoms with E-state index in [2.05, 4.69) is 49.3 Å². The summed E-state index contributed by atoms with van der Waals surface area (Å²) in [5.74, 6) is -0.0481. The first-order valence-corrected chi connectivity index (χ1v) is 8.20. The second kappa shape index (κ2) is 7.04. The molecule has 0 aliphatic rings. The predicted octanol–water partition coefficient (Wildman–Crippen LogP) is 4.58. The highest BCUT2D eigenvalue weighted by molar-refractivity contribution is 9.10. The number of halogens is 2. The number of carbonyl (C=O) groups is 1. The third kappa shape index (κ3) is 3.70. The Morgan fingerprint density at radius 2 is 1.85 bits per heavy atom. The molecule has 0 spiro atoms. The van der Waals surface area contributed by atoms with E-state index < -0.39 is 0 Å². The molecule has 0 saturated carbocycles. The van der Waals surface area contributed by atoms with E-state index in [1.807, 2.05) is 37.3 Å². The first-order valence-electron chi connectivity index (χ1n) is 6.29. The Hall–Kier alpha value is -1.13. The van der Waals surface area contributed by atoms with Gasteiger partial charge in [-0.15, -0.1) is 0 Å². The zero-order valence-corrected chi connectivity index (χ0v) is 14.3. The quantitative estimate of drug-likeness (QED) is 0.752. The van der Waals surface area contributed by atoms with Crippen LogP contribution in [0.25, 0.3) is 0 Å². The Bertz CT molecular complexity index is 626. The summed E-state index contributed by atoms with van der Waals surface area (Å²) in [4.78, 5) is 12.2. The molecule has 0 aliphatic heterocycles. The van der Waals surface area contributed by atoms with Gasteiger partial charge in [0.1, 0.15) is 0 Å². The van der Waals surface area contributed by atoms with E-state index >= 15 is 0 Å². The maximum Gasteiger partial charge on any atom is 0.251 e. The predicted molar refractivity (Wildman–Crippen MR) is 89.1 cm³/mol. The highest BCUT2D eigenvalue weighted by Crippen LogP contribution is 2.19. The molecule has 1 N–H and O–H groups in total. The highest BCUT2D eigenvalue weighted by atomic mass is 79.9. The molecule has 0 heterocycles. The third-order valence-electron chi connectivity index (χ3n) is 3.11. The molecular weight excluding hydrogens is 382 g/mol. The number of amides is 1. The van der Waals surface area contributed by atoms with Gasteiger partial charge in [0.25, 0.3) is 5.91 Å². The van der Waals surface area contributed by atoms with Gasteiger partial charge in [-0.25, -0.2) is 0 Å². The molecule has 104 valence electrons. The normalized spacial score (nSPS) is 10.3. The average Bonchev–Trinajstić information content (AvgIpc) is 2.48. The van der Waals surface area contributed by atoms with Crippen LogP contribution in [0.3, 0.4) is 0 Å². The van der Waals surface area contributed by atoms with Crippen LogP contribution in [0.2, 0.25) is 0 Å². The molecular formula is C16H15Br2NO. The summed E-state index contributed by atoms with van der Waals surface area (Å²) in [6, 6.07) is 13.8. The van der Waals surface area contributed by atoms with Gasteiger partial charge in [-0.05, 0) is 35.7 Å². The summed E-state index contributed by atoms with van der Waals surface area (Å²) in [5, 5.41) is 3.78. The standard InChI is InChI=1S/C16H15Br2NO/c1-11-14(6-3-7-15(11)18)16(20)19-10-13-5-2-4-12(8-13)9-17/h2-8H,9-10H2,1H3,(H,19,20). The lowest BCUT2D eigenvalue weighted by Crippen LogP contribution is -2.23. The fraction of sp³-hybridized carbons (Fsp3) is 0.188. The van der Waals surface area contributed by atoms with Crippen molar-refractivity contribution >= 4 is 37.8 Å². The fourth-order valence-electron chi connectivity index (χ4n) is 1.95. The van der Waals surface area contributed by atoms with Gasteiger partial charge in [0.2, 0.25) is 0 Å². The maximum absolute atomic E-state index is 12.2. The van der Waals surface area contributed by atoms with E-state index in [0.29, 0.717) is 12.1 Å². The molecule has 0 unspecified atom stereocenters. The lowest BCUT2D eigenvalue weighted by Gasteiger charge is -2.09. The molecule has 1 amide bonds. The molecule has 0 fully saturated rings. The monoisotopic (exact) mass is 395 g/mol. The fourth-order valence-corrected chi connectivity index (χ4v) is 2.67. The Labute approximate surface area is 135 Å². The van der Waals surface area contributed by atoms with Crippen molar-refractivity contribution in [3.8, 4) is 0 Å². The van der Waals surface area contributed by atoms with Crippen molar-refractivity contribution in [2.45, 2.75) is 18.8 Å². The lowest BCUT2D eigenvalue weighted by atomic mass is 10.1. The number of hydrogen-bond acceptors (Lipinski definition) is 1. The molecule has 0 bridgehead atoms. The second-order valence-corrected chi connectivity index (χ2v) is 5.96. The minimum absolute atomic E-state index is 0.0481. The molecule has 2 aromatic carbocycles. The third-order valence-corrected chi connectivity index (χ3v) is 4.62. The van der Waals surface area contributed by atoms with Gasteiger partial charge in [0, 0.05) is 21.9 Å². The first kappa shape index (κ1) is 15.3. The summed E-state index contributed by atoms with van der Waals surface area (Å²) < 4.78 is 0.950. The second-order valence-electron chi connectivity index (χ2n) is 4.55. The van der Waals surface area contributed by atoms with Crippen molar-refractivity contribution < 1.29 is 4.79 Å². The molecule has 0 saturated heterocycles. The van der Waals surface area contributed by atoms with Crippen LogP contribution < -0.4 is 5.32 Å². The van der Waals surface area contributed by atoms with E-state index in [1.54, 1.807) is 0 Å². The first-order chi connectivity index (χ1) is 9.61. The lowest BCUT2D eigenvalue weighted by molar-refractivity contribution is 0.0950. The number of hydrogen-bond donors (Lipinski definition) is 1. The number of benzene rings is 2. The van der Waals surface area contributed by atoms with Gasteiger partial charge < -0.3 is 5.32 Å². The van der Waals surface area contributed by atoms with Crippen LogP contribution in [0.5, 0.6) is 0 Å². The van der Waals surface area contributed by atoms with Gasteiger partial charge in [-0.3, -0.25) is 4.79 Å². The number of nitrogens with one attached hydrogen (secondary N) is 1. The van der Waals surface area contributed by atoms with Crippen LogP contribution in [-0.4, -0.2) is 5.91 Å². The molecule has 2 aromatic rings. The minimum Gasteiger partial charge on any atom is -0.348 e. The Balaban J connectivity index is 2.06. The SMILES string of the molecule is Cc1c(Br)cccc1C(=O)NCc1cccc(CBr)c1. The molecule has 4 heteroatoms. The molecule has 2 nitrogen and oxygen atoms in total. The van der Waals surface area contributed by atoms with Gasteiger partial charge in [-0.2, -0.15) is 0 Å². The molecule has 0 atom stereocenters. The van der Waals surface area contributed by atoms with Crippen molar-refractivity contribution in [3.05, 3.63) is 69.2 Å². The van der Waals surface area contributed by atoms with E-state index in [4.69, 9.17) is 0 Å². The smallest absolute Gasteiger partial charge is 0.251 e. The maximum atomic E-state index is 12.2. The van der Waals surface area contributed by atoms with E-state index in [9.17, 15) is 4.79 Å². The number of carbonyl (C=O) groups excluding carboxylic acids is 1. The van der Waals surface area contributed by atoms with Crippen LogP contribution in [0, 0.1) is 6.92 Å². The van der Waals surface area contributed by atoms with Crippen LogP contribution in [0.4, 0.5) is 0 Å². The largest absolute Gasteiger partial charge is 0.348 e. The van der Waals surface area contributed by atoms with Crippen LogP contribution >= 0.6 is 31.9 Å². The van der Waals surface area contributed by atoms with Crippen molar-refractivity contribution in [1.29, 1.82) is 0 Å². The van der Waals surface area contributed by atoms with Gasteiger partial charge in [0.05, 0.1) is 0 Å². The summed E-state index contributed by atoms with van der Waals surface area (Å²) in [7, 11) is 0. The molecule has 0 radical (unpaired) electrons. The van der Waals surface area contributed by atoms with E-state index in [0.717, 1.165) is 20.9 Å². The Kier molecular flexibility index (Phi) is 5.38. The van der Waals surface area contributed by atoms with Crippen LogP contribution in [0.1, 0.15) is 27.0 Å². The number of alkyl halides is 1. The molecule has 0 aliphatic carbocycles. The Morgan fingerprint density at radius 1 is 1.15 bits per heavy atom.